The van der Waals surface area contributed by atoms with E-state index in [0.29, 0.717) is 6.04 Å². The first kappa shape index (κ1) is 14.6. The SMILES string of the molecule is CCNC(CC1CCCC1)c1c(CC)oc2ccccc12. The summed E-state index contributed by atoms with van der Waals surface area (Å²) >= 11 is 0. The Labute approximate surface area is 127 Å². The van der Waals surface area contributed by atoms with Gasteiger partial charge in [0.05, 0.1) is 0 Å². The van der Waals surface area contributed by atoms with E-state index in [0.717, 1.165) is 24.5 Å². The third-order valence-electron chi connectivity index (χ3n) is 4.87. The number of rotatable bonds is 6. The van der Waals surface area contributed by atoms with E-state index in [-0.39, 0.29) is 0 Å². The third-order valence-corrected chi connectivity index (χ3v) is 4.87. The van der Waals surface area contributed by atoms with Crippen LogP contribution < -0.4 is 5.32 Å². The maximum absolute atomic E-state index is 6.10. The Hall–Kier alpha value is -1.28. The summed E-state index contributed by atoms with van der Waals surface area (Å²) in [5, 5.41) is 5.02. The van der Waals surface area contributed by atoms with Crippen LogP contribution in [0, 0.1) is 5.92 Å². The van der Waals surface area contributed by atoms with Crippen LogP contribution in [0.3, 0.4) is 0 Å². The minimum absolute atomic E-state index is 0.441. The van der Waals surface area contributed by atoms with Gasteiger partial charge < -0.3 is 9.73 Å². The van der Waals surface area contributed by atoms with Crippen molar-refractivity contribution in [3.05, 3.63) is 35.6 Å². The van der Waals surface area contributed by atoms with Crippen molar-refractivity contribution in [2.24, 2.45) is 5.92 Å². The molecule has 2 nitrogen and oxygen atoms in total. The molecular formula is C19H27NO. The van der Waals surface area contributed by atoms with Crippen LogP contribution in [0.25, 0.3) is 11.0 Å². The molecule has 0 bridgehead atoms. The van der Waals surface area contributed by atoms with E-state index in [2.05, 4.69) is 43.4 Å². The zero-order valence-corrected chi connectivity index (χ0v) is 13.3. The Balaban J connectivity index is 1.96. The average Bonchev–Trinajstić information content (AvgIpc) is 3.13. The normalized spacial score (nSPS) is 17.6. The quantitative estimate of drug-likeness (QED) is 0.786. The van der Waals surface area contributed by atoms with E-state index < -0.39 is 0 Å². The second-order valence-corrected chi connectivity index (χ2v) is 6.29. The topological polar surface area (TPSA) is 25.2 Å². The molecule has 0 spiro atoms. The van der Waals surface area contributed by atoms with Crippen LogP contribution in [0.5, 0.6) is 0 Å². The van der Waals surface area contributed by atoms with E-state index in [4.69, 9.17) is 4.42 Å². The first-order chi connectivity index (χ1) is 10.3. The molecule has 1 fully saturated rings. The number of nitrogens with one attached hydrogen (secondary N) is 1. The Morgan fingerprint density at radius 1 is 1.19 bits per heavy atom. The van der Waals surface area contributed by atoms with Crippen LogP contribution in [0.1, 0.15) is 63.3 Å². The molecule has 1 unspecified atom stereocenters. The molecular weight excluding hydrogens is 258 g/mol. The van der Waals surface area contributed by atoms with Gasteiger partial charge >= 0.3 is 0 Å². The largest absolute Gasteiger partial charge is 0.461 e. The van der Waals surface area contributed by atoms with E-state index in [1.807, 2.05) is 0 Å². The smallest absolute Gasteiger partial charge is 0.134 e. The summed E-state index contributed by atoms with van der Waals surface area (Å²) in [6.45, 7) is 5.41. The average molecular weight is 285 g/mol. The van der Waals surface area contributed by atoms with Crippen LogP contribution in [0.4, 0.5) is 0 Å². The Bertz CT molecular complexity index is 580. The molecule has 1 heterocycles. The van der Waals surface area contributed by atoms with E-state index >= 15 is 0 Å². The first-order valence-corrected chi connectivity index (χ1v) is 8.57. The summed E-state index contributed by atoms with van der Waals surface area (Å²) in [7, 11) is 0. The predicted molar refractivity (Wildman–Crippen MR) is 88.6 cm³/mol. The van der Waals surface area contributed by atoms with Gasteiger partial charge in [-0.3, -0.25) is 0 Å². The zero-order valence-electron chi connectivity index (χ0n) is 13.3. The van der Waals surface area contributed by atoms with Crippen molar-refractivity contribution in [1.82, 2.24) is 5.32 Å². The molecule has 0 saturated heterocycles. The summed E-state index contributed by atoms with van der Waals surface area (Å²) in [5.41, 5.74) is 2.46. The molecule has 21 heavy (non-hydrogen) atoms. The molecule has 1 aliphatic carbocycles. The van der Waals surface area contributed by atoms with Gasteiger partial charge in [0.2, 0.25) is 0 Å². The van der Waals surface area contributed by atoms with Crippen LogP contribution in [-0.4, -0.2) is 6.54 Å². The van der Waals surface area contributed by atoms with Crippen molar-refractivity contribution in [2.45, 2.75) is 58.4 Å². The van der Waals surface area contributed by atoms with E-state index in [1.165, 1.54) is 48.8 Å². The number of hydrogen-bond donors (Lipinski definition) is 1. The highest BCUT2D eigenvalue weighted by Crippen LogP contribution is 2.38. The molecule has 1 aromatic carbocycles. The van der Waals surface area contributed by atoms with Crippen molar-refractivity contribution in [3.8, 4) is 0 Å². The van der Waals surface area contributed by atoms with Gasteiger partial charge in [-0.1, -0.05) is 57.7 Å². The van der Waals surface area contributed by atoms with Crippen LogP contribution in [-0.2, 0) is 6.42 Å². The summed E-state index contributed by atoms with van der Waals surface area (Å²) in [5.74, 6) is 2.05. The van der Waals surface area contributed by atoms with Crippen molar-refractivity contribution in [3.63, 3.8) is 0 Å². The molecule has 0 amide bonds. The van der Waals surface area contributed by atoms with Gasteiger partial charge in [-0.15, -0.1) is 0 Å². The second kappa shape index (κ2) is 6.65. The van der Waals surface area contributed by atoms with Crippen LogP contribution in [0.2, 0.25) is 0 Å². The lowest BCUT2D eigenvalue weighted by molar-refractivity contribution is 0.395. The van der Waals surface area contributed by atoms with E-state index in [1.54, 1.807) is 0 Å². The van der Waals surface area contributed by atoms with Gasteiger partial charge in [-0.25, -0.2) is 0 Å². The highest BCUT2D eigenvalue weighted by atomic mass is 16.3. The molecule has 1 atom stereocenters. The van der Waals surface area contributed by atoms with Crippen molar-refractivity contribution in [1.29, 1.82) is 0 Å². The maximum atomic E-state index is 6.10. The molecule has 1 aliphatic rings. The summed E-state index contributed by atoms with van der Waals surface area (Å²) in [6, 6.07) is 8.94. The van der Waals surface area contributed by atoms with Gasteiger partial charge in [-0.2, -0.15) is 0 Å². The third kappa shape index (κ3) is 3.01. The number of fused-ring (bicyclic) bond motifs is 1. The molecule has 1 aromatic heterocycles. The zero-order chi connectivity index (χ0) is 14.7. The highest BCUT2D eigenvalue weighted by Gasteiger charge is 2.25. The number of hydrogen-bond acceptors (Lipinski definition) is 2. The molecule has 0 aliphatic heterocycles. The summed E-state index contributed by atoms with van der Waals surface area (Å²) < 4.78 is 6.10. The monoisotopic (exact) mass is 285 g/mol. The lowest BCUT2D eigenvalue weighted by Crippen LogP contribution is -2.23. The number of para-hydroxylation sites is 1. The van der Waals surface area contributed by atoms with Gasteiger partial charge in [0.15, 0.2) is 0 Å². The van der Waals surface area contributed by atoms with Crippen molar-refractivity contribution in [2.75, 3.05) is 6.54 Å². The molecule has 2 aromatic rings. The van der Waals surface area contributed by atoms with Gasteiger partial charge in [0, 0.05) is 23.4 Å². The van der Waals surface area contributed by atoms with Crippen molar-refractivity contribution >= 4 is 11.0 Å². The van der Waals surface area contributed by atoms with Gasteiger partial charge in [-0.05, 0) is 24.9 Å². The van der Waals surface area contributed by atoms with Crippen LogP contribution >= 0.6 is 0 Å². The molecule has 1 saturated carbocycles. The molecule has 2 heteroatoms. The second-order valence-electron chi connectivity index (χ2n) is 6.29. The Morgan fingerprint density at radius 2 is 1.95 bits per heavy atom. The lowest BCUT2D eigenvalue weighted by Gasteiger charge is -2.22. The summed E-state index contributed by atoms with van der Waals surface area (Å²) in [4.78, 5) is 0. The molecule has 3 rings (SSSR count). The fraction of sp³-hybridized carbons (Fsp3) is 0.579. The number of benzene rings is 1. The lowest BCUT2D eigenvalue weighted by atomic mass is 9.91. The van der Waals surface area contributed by atoms with Gasteiger partial charge in [0.25, 0.3) is 0 Å². The van der Waals surface area contributed by atoms with Crippen LogP contribution in [0.15, 0.2) is 28.7 Å². The molecule has 0 radical (unpaired) electrons. The maximum Gasteiger partial charge on any atom is 0.134 e. The Morgan fingerprint density at radius 3 is 2.67 bits per heavy atom. The fourth-order valence-electron chi connectivity index (χ4n) is 3.89. The number of aryl methyl sites for hydroxylation is 1. The molecule has 1 N–H and O–H groups in total. The number of furan rings is 1. The first-order valence-electron chi connectivity index (χ1n) is 8.57. The highest BCUT2D eigenvalue weighted by molar-refractivity contribution is 5.82. The standard InChI is InChI=1S/C19H27NO/c1-3-17-19(15-11-7-8-12-18(15)21-17)16(20-4-2)13-14-9-5-6-10-14/h7-8,11-12,14,16,20H,3-6,9-10,13H2,1-2H3. The van der Waals surface area contributed by atoms with E-state index in [9.17, 15) is 0 Å². The predicted octanol–water partition coefficient (Wildman–Crippen LogP) is 5.23. The van der Waals surface area contributed by atoms with Crippen molar-refractivity contribution < 1.29 is 4.42 Å². The fourth-order valence-corrected chi connectivity index (χ4v) is 3.89. The minimum atomic E-state index is 0.441. The molecule has 114 valence electrons. The summed E-state index contributed by atoms with van der Waals surface area (Å²) in [6.07, 6.45) is 7.85. The minimum Gasteiger partial charge on any atom is -0.461 e. The van der Waals surface area contributed by atoms with Gasteiger partial charge in [0.1, 0.15) is 11.3 Å². The Kier molecular flexibility index (Phi) is 4.64.